The van der Waals surface area contributed by atoms with Crippen LogP contribution in [0, 0.1) is 3.57 Å². The second kappa shape index (κ2) is 20.9. The molecule has 0 unspecified atom stereocenters. The minimum Gasteiger partial charge on any atom is -0.493 e. The molecule has 1 saturated carbocycles. The van der Waals surface area contributed by atoms with Crippen LogP contribution >= 0.6 is 22.6 Å². The number of carbonyl (C=O) groups excluding carboxylic acids is 3. The van der Waals surface area contributed by atoms with Crippen LogP contribution in [0.3, 0.4) is 0 Å². The fourth-order valence-electron chi connectivity index (χ4n) is 6.72. The van der Waals surface area contributed by atoms with Gasteiger partial charge in [0.15, 0.2) is 11.5 Å². The smallest absolute Gasteiger partial charge is 0.247 e. The summed E-state index contributed by atoms with van der Waals surface area (Å²) in [5.74, 6) is 0.360. The maximum atomic E-state index is 14.1. The number of amides is 2. The summed E-state index contributed by atoms with van der Waals surface area (Å²) >= 11 is 2.06. The molecule has 0 aromatic heterocycles. The van der Waals surface area contributed by atoms with Gasteiger partial charge in [-0.2, -0.15) is 0 Å². The number of nitrogens with one attached hydrogen (secondary N) is 1. The van der Waals surface area contributed by atoms with Crippen molar-refractivity contribution in [1.82, 2.24) is 10.2 Å². The third-order valence-corrected chi connectivity index (χ3v) is 10.0. The fourth-order valence-corrected chi connectivity index (χ4v) is 7.47. The standard InChI is InChI=1S/C36H55IN2O7/c1-3-4-5-6-7-8-9-10-15-18-33(42)39(28-16-13-11-12-14-17-28)30-23-27(36(44)38-19-20-40)24-31(34(30)43)46-35-29(37)21-26(25-41)22-32(35)45-2/h21-22,24-25,28,30-31,34,40,43H,3-20,23H2,1-2H3,(H,38,44)/t30-,31+,34+/m1/s1. The third kappa shape index (κ3) is 11.5. The van der Waals surface area contributed by atoms with Crippen LogP contribution in [0.4, 0.5) is 0 Å². The number of rotatable bonds is 19. The first-order valence-corrected chi connectivity index (χ1v) is 18.5. The Bertz CT molecular complexity index is 1140. The molecular weight excluding hydrogens is 699 g/mol. The Morgan fingerprint density at radius 1 is 1.02 bits per heavy atom. The van der Waals surface area contributed by atoms with E-state index in [4.69, 9.17) is 9.47 Å². The SMILES string of the molecule is CCCCCCCCCCCC(=O)N(C1CCCCCC1)[C@@H]1CC(C(=O)NCCO)=C[C@H](Oc2c(I)cc(C=O)cc2OC)[C@H]1O. The molecule has 10 heteroatoms. The van der Waals surface area contributed by atoms with Gasteiger partial charge in [-0.25, -0.2) is 0 Å². The molecule has 1 aromatic rings. The molecule has 3 atom stereocenters. The van der Waals surface area contributed by atoms with Crippen LogP contribution in [-0.4, -0.2) is 77.8 Å². The van der Waals surface area contributed by atoms with Crippen molar-refractivity contribution >= 4 is 40.7 Å². The summed E-state index contributed by atoms with van der Waals surface area (Å²) in [6.45, 7) is 2.12. The largest absolute Gasteiger partial charge is 0.493 e. The molecule has 0 saturated heterocycles. The van der Waals surface area contributed by atoms with E-state index in [0.29, 0.717) is 32.6 Å². The van der Waals surface area contributed by atoms with E-state index >= 15 is 0 Å². The number of halogens is 1. The van der Waals surface area contributed by atoms with E-state index in [1.807, 2.05) is 4.90 Å². The second-order valence-corrected chi connectivity index (χ2v) is 13.9. The molecule has 0 radical (unpaired) electrons. The van der Waals surface area contributed by atoms with Crippen molar-refractivity contribution in [2.75, 3.05) is 20.3 Å². The number of aldehydes is 1. The van der Waals surface area contributed by atoms with E-state index in [1.165, 1.54) is 45.6 Å². The molecule has 1 aromatic carbocycles. The first kappa shape index (κ1) is 38.3. The molecule has 9 nitrogen and oxygen atoms in total. The van der Waals surface area contributed by atoms with Crippen molar-refractivity contribution in [3.63, 3.8) is 0 Å². The number of aliphatic hydroxyl groups is 2. The van der Waals surface area contributed by atoms with E-state index in [2.05, 4.69) is 34.8 Å². The highest BCUT2D eigenvalue weighted by Crippen LogP contribution is 2.38. The molecule has 0 bridgehead atoms. The van der Waals surface area contributed by atoms with Crippen molar-refractivity contribution in [2.45, 2.75) is 140 Å². The summed E-state index contributed by atoms with van der Waals surface area (Å²) in [5, 5.41) is 24.0. The number of methoxy groups -OCH3 is 1. The number of hydrogen-bond donors (Lipinski definition) is 3. The molecule has 258 valence electrons. The summed E-state index contributed by atoms with van der Waals surface area (Å²) in [6.07, 6.45) is 17.4. The van der Waals surface area contributed by atoms with Gasteiger partial charge in [-0.05, 0) is 60.1 Å². The number of ether oxygens (including phenoxy) is 2. The molecular formula is C36H55IN2O7. The molecule has 46 heavy (non-hydrogen) atoms. The molecule has 3 rings (SSSR count). The van der Waals surface area contributed by atoms with Crippen LogP contribution < -0.4 is 14.8 Å². The lowest BCUT2D eigenvalue weighted by Gasteiger charge is -2.44. The van der Waals surface area contributed by atoms with Crippen molar-refractivity contribution < 1.29 is 34.1 Å². The fraction of sp³-hybridized carbons (Fsp3) is 0.694. The second-order valence-electron chi connectivity index (χ2n) is 12.7. The number of benzene rings is 1. The van der Waals surface area contributed by atoms with Gasteiger partial charge in [0.1, 0.15) is 18.5 Å². The summed E-state index contributed by atoms with van der Waals surface area (Å²) in [5.41, 5.74) is 0.832. The average Bonchev–Trinajstić information content (AvgIpc) is 3.34. The Kier molecular flexibility index (Phi) is 17.4. The van der Waals surface area contributed by atoms with Gasteiger partial charge < -0.3 is 29.9 Å². The van der Waals surface area contributed by atoms with Crippen LogP contribution in [0.25, 0.3) is 0 Å². The zero-order valence-electron chi connectivity index (χ0n) is 27.8. The van der Waals surface area contributed by atoms with E-state index < -0.39 is 18.2 Å². The Morgan fingerprint density at radius 3 is 2.28 bits per heavy atom. The Hall–Kier alpha value is -2.18. The van der Waals surface area contributed by atoms with Crippen molar-refractivity contribution in [2.24, 2.45) is 0 Å². The van der Waals surface area contributed by atoms with Gasteiger partial charge in [-0.15, -0.1) is 0 Å². The van der Waals surface area contributed by atoms with Gasteiger partial charge in [0, 0.05) is 36.6 Å². The zero-order chi connectivity index (χ0) is 33.3. The topological polar surface area (TPSA) is 125 Å². The summed E-state index contributed by atoms with van der Waals surface area (Å²) in [6, 6.07) is 2.57. The summed E-state index contributed by atoms with van der Waals surface area (Å²) in [4.78, 5) is 40.7. The highest BCUT2D eigenvalue weighted by molar-refractivity contribution is 14.1. The number of nitrogens with zero attached hydrogens (tertiary/aromatic N) is 1. The molecule has 2 aliphatic carbocycles. The molecule has 0 aliphatic heterocycles. The minimum atomic E-state index is -1.10. The van der Waals surface area contributed by atoms with Gasteiger partial charge in [-0.3, -0.25) is 14.4 Å². The normalized spacial score (nSPS) is 20.4. The molecule has 3 N–H and O–H groups in total. The van der Waals surface area contributed by atoms with E-state index in [0.717, 1.165) is 64.1 Å². The predicted octanol–water partition coefficient (Wildman–Crippen LogP) is 6.50. The van der Waals surface area contributed by atoms with E-state index in [1.54, 1.807) is 18.2 Å². The first-order chi connectivity index (χ1) is 22.3. The van der Waals surface area contributed by atoms with E-state index in [-0.39, 0.29) is 37.4 Å². The van der Waals surface area contributed by atoms with Gasteiger partial charge >= 0.3 is 0 Å². The van der Waals surface area contributed by atoms with Crippen molar-refractivity contribution in [1.29, 1.82) is 0 Å². The lowest BCUT2D eigenvalue weighted by molar-refractivity contribution is -0.142. The van der Waals surface area contributed by atoms with E-state index in [9.17, 15) is 24.6 Å². The highest BCUT2D eigenvalue weighted by atomic mass is 127. The van der Waals surface area contributed by atoms with Gasteiger partial charge in [0.2, 0.25) is 11.8 Å². The van der Waals surface area contributed by atoms with Crippen LogP contribution in [0.1, 0.15) is 126 Å². The number of carbonyl (C=O) groups is 3. The number of unbranched alkanes of at least 4 members (excludes halogenated alkanes) is 8. The summed E-state index contributed by atoms with van der Waals surface area (Å²) in [7, 11) is 1.48. The van der Waals surface area contributed by atoms with Crippen LogP contribution in [0.2, 0.25) is 0 Å². The molecule has 2 aliphatic rings. The monoisotopic (exact) mass is 754 g/mol. The van der Waals surface area contributed by atoms with Crippen molar-refractivity contribution in [3.8, 4) is 11.5 Å². The lowest BCUT2D eigenvalue weighted by Crippen LogP contribution is -2.58. The predicted molar refractivity (Wildman–Crippen MR) is 188 cm³/mol. The maximum Gasteiger partial charge on any atom is 0.247 e. The van der Waals surface area contributed by atoms with Gasteiger partial charge in [0.25, 0.3) is 0 Å². The third-order valence-electron chi connectivity index (χ3n) is 9.21. The molecule has 1 fully saturated rings. The Balaban J connectivity index is 1.86. The van der Waals surface area contributed by atoms with Gasteiger partial charge in [0.05, 0.1) is 23.3 Å². The van der Waals surface area contributed by atoms with Crippen LogP contribution in [0.5, 0.6) is 11.5 Å². The number of hydrogen-bond acceptors (Lipinski definition) is 7. The zero-order valence-corrected chi connectivity index (χ0v) is 30.0. The highest BCUT2D eigenvalue weighted by Gasteiger charge is 2.43. The average molecular weight is 755 g/mol. The molecule has 2 amide bonds. The van der Waals surface area contributed by atoms with Crippen LogP contribution in [-0.2, 0) is 9.59 Å². The lowest BCUT2D eigenvalue weighted by atomic mass is 9.86. The Morgan fingerprint density at radius 2 is 1.67 bits per heavy atom. The first-order valence-electron chi connectivity index (χ1n) is 17.4. The molecule has 0 spiro atoms. The van der Waals surface area contributed by atoms with Crippen molar-refractivity contribution in [3.05, 3.63) is 32.9 Å². The Labute approximate surface area is 289 Å². The van der Waals surface area contributed by atoms with Gasteiger partial charge in [-0.1, -0.05) is 84.0 Å². The molecule has 0 heterocycles. The van der Waals surface area contributed by atoms with Crippen LogP contribution in [0.15, 0.2) is 23.8 Å². The number of aliphatic hydroxyl groups excluding tert-OH is 2. The maximum absolute atomic E-state index is 14.1. The quantitative estimate of drug-likeness (QED) is 0.0638. The minimum absolute atomic E-state index is 0.0183. The summed E-state index contributed by atoms with van der Waals surface area (Å²) < 4.78 is 12.5.